The van der Waals surface area contributed by atoms with E-state index in [1.54, 1.807) is 24.1 Å². The number of para-hydroxylation sites is 2. The minimum atomic E-state index is -0.916. The molecule has 0 saturated carbocycles. The number of methoxy groups -OCH3 is 1. The number of carboxylic acid groups (broad SMARTS) is 1. The quantitative estimate of drug-likeness (QED) is 0.833. The molecule has 0 aromatic heterocycles. The maximum atomic E-state index is 13.1. The van der Waals surface area contributed by atoms with Gasteiger partial charge in [-0.25, -0.2) is 0 Å². The van der Waals surface area contributed by atoms with Crippen LogP contribution in [0.15, 0.2) is 54.6 Å². The Balaban J connectivity index is 1.85. The molecule has 0 bridgehead atoms. The highest BCUT2D eigenvalue weighted by Crippen LogP contribution is 2.28. The molecule has 1 aliphatic heterocycles. The van der Waals surface area contributed by atoms with Gasteiger partial charge in [0.1, 0.15) is 0 Å². The van der Waals surface area contributed by atoms with E-state index < -0.39 is 5.97 Å². The number of nitrogens with one attached hydrogen (secondary N) is 1. The summed E-state index contributed by atoms with van der Waals surface area (Å²) in [6, 6.07) is 16.5. The highest BCUT2D eigenvalue weighted by atomic mass is 16.5. The van der Waals surface area contributed by atoms with Crippen molar-refractivity contribution in [1.29, 1.82) is 0 Å². The molecule has 6 heteroatoms. The number of nitrogens with zero attached hydrogens (tertiary/aromatic N) is 1. The summed E-state index contributed by atoms with van der Waals surface area (Å²) >= 11 is 0. The zero-order valence-corrected chi connectivity index (χ0v) is 14.6. The van der Waals surface area contributed by atoms with Crippen molar-refractivity contribution < 1.29 is 19.4 Å². The van der Waals surface area contributed by atoms with Crippen molar-refractivity contribution in [3.63, 3.8) is 0 Å². The molecule has 1 amide bonds. The summed E-state index contributed by atoms with van der Waals surface area (Å²) in [5.41, 5.74) is 2.09. The van der Waals surface area contributed by atoms with Crippen LogP contribution < -0.4 is 5.32 Å². The zero-order chi connectivity index (χ0) is 18.5. The first-order valence-corrected chi connectivity index (χ1v) is 8.55. The molecule has 1 aliphatic rings. The second kappa shape index (κ2) is 8.01. The number of carboxylic acids is 1. The van der Waals surface area contributed by atoms with Gasteiger partial charge >= 0.3 is 5.97 Å². The molecule has 0 spiro atoms. The Hall–Kier alpha value is -2.86. The maximum absolute atomic E-state index is 13.1. The van der Waals surface area contributed by atoms with Gasteiger partial charge in [0, 0.05) is 25.4 Å². The molecule has 2 aromatic rings. The average Bonchev–Trinajstić information content (AvgIpc) is 3.05. The number of aliphatic carboxylic acids is 1. The normalized spacial score (nSPS) is 19.3. The van der Waals surface area contributed by atoms with Gasteiger partial charge in [-0.15, -0.1) is 0 Å². The van der Waals surface area contributed by atoms with Gasteiger partial charge in [-0.05, 0) is 30.7 Å². The van der Waals surface area contributed by atoms with Gasteiger partial charge in [0.15, 0.2) is 0 Å². The molecule has 2 N–H and O–H groups in total. The van der Waals surface area contributed by atoms with Crippen LogP contribution in [0.5, 0.6) is 0 Å². The van der Waals surface area contributed by atoms with E-state index in [1.807, 2.05) is 42.5 Å². The fourth-order valence-electron chi connectivity index (χ4n) is 3.30. The molecule has 0 radical (unpaired) electrons. The Bertz CT molecular complexity index is 778. The van der Waals surface area contributed by atoms with E-state index in [0.717, 1.165) is 5.69 Å². The van der Waals surface area contributed by atoms with E-state index in [0.29, 0.717) is 24.2 Å². The molecule has 1 saturated heterocycles. The van der Waals surface area contributed by atoms with Crippen molar-refractivity contribution >= 4 is 23.3 Å². The third kappa shape index (κ3) is 4.03. The Kier molecular flexibility index (Phi) is 5.53. The number of likely N-dealkylation sites (tertiary alicyclic amines) is 1. The Labute approximate surface area is 152 Å². The highest BCUT2D eigenvalue weighted by Gasteiger charge is 2.37. The summed E-state index contributed by atoms with van der Waals surface area (Å²) in [6.45, 7) is 0.396. The minimum Gasteiger partial charge on any atom is -0.481 e. The summed E-state index contributed by atoms with van der Waals surface area (Å²) in [5, 5.41) is 12.4. The third-order valence-electron chi connectivity index (χ3n) is 4.59. The fraction of sp³-hybridized carbons (Fsp3) is 0.300. The van der Waals surface area contributed by atoms with E-state index in [9.17, 15) is 9.59 Å². The molecule has 136 valence electrons. The molecule has 1 fully saturated rings. The van der Waals surface area contributed by atoms with Gasteiger partial charge in [0.25, 0.3) is 5.91 Å². The van der Waals surface area contributed by atoms with Crippen LogP contribution in [0.1, 0.15) is 23.2 Å². The summed E-state index contributed by atoms with van der Waals surface area (Å²) < 4.78 is 5.36. The number of carbonyl (C=O) groups is 2. The Morgan fingerprint density at radius 3 is 2.54 bits per heavy atom. The summed E-state index contributed by atoms with van der Waals surface area (Å²) in [6.07, 6.45) is 0.306. The summed E-state index contributed by atoms with van der Waals surface area (Å²) in [7, 11) is 1.58. The van der Waals surface area contributed by atoms with Gasteiger partial charge in [-0.3, -0.25) is 9.59 Å². The SMILES string of the molecule is COC1CC(CC(=O)O)N(C(=O)c2ccccc2Nc2ccccc2)C1. The molecular formula is C20H22N2O4. The smallest absolute Gasteiger partial charge is 0.305 e. The molecule has 0 aliphatic carbocycles. The van der Waals surface area contributed by atoms with E-state index in [2.05, 4.69) is 5.32 Å². The van der Waals surface area contributed by atoms with Crippen LogP contribution in [0.4, 0.5) is 11.4 Å². The summed E-state index contributed by atoms with van der Waals surface area (Å²) in [5.74, 6) is -1.10. The van der Waals surface area contributed by atoms with Gasteiger partial charge in [-0.1, -0.05) is 30.3 Å². The van der Waals surface area contributed by atoms with E-state index >= 15 is 0 Å². The monoisotopic (exact) mass is 354 g/mol. The standard InChI is InChI=1S/C20H22N2O4/c1-26-16-11-15(12-19(23)24)22(13-16)20(25)17-9-5-6-10-18(17)21-14-7-3-2-4-8-14/h2-10,15-16,21H,11-13H2,1H3,(H,23,24). The van der Waals surface area contributed by atoms with E-state index in [1.165, 1.54) is 0 Å². The van der Waals surface area contributed by atoms with Crippen molar-refractivity contribution in [2.24, 2.45) is 0 Å². The zero-order valence-electron chi connectivity index (χ0n) is 14.6. The summed E-state index contributed by atoms with van der Waals surface area (Å²) in [4.78, 5) is 25.9. The van der Waals surface area contributed by atoms with E-state index in [-0.39, 0.29) is 24.5 Å². The number of hydrogen-bond donors (Lipinski definition) is 2. The molecule has 6 nitrogen and oxygen atoms in total. The third-order valence-corrected chi connectivity index (χ3v) is 4.59. The number of carbonyl (C=O) groups excluding carboxylic acids is 1. The average molecular weight is 354 g/mol. The number of rotatable bonds is 6. The maximum Gasteiger partial charge on any atom is 0.305 e. The van der Waals surface area contributed by atoms with Crippen molar-refractivity contribution in [2.75, 3.05) is 19.0 Å². The highest BCUT2D eigenvalue weighted by molar-refractivity contribution is 6.00. The van der Waals surface area contributed by atoms with Gasteiger partial charge in [0.2, 0.25) is 0 Å². The molecule has 2 atom stereocenters. The first kappa shape index (κ1) is 17.9. The van der Waals surface area contributed by atoms with Gasteiger partial charge in [0.05, 0.1) is 23.8 Å². The number of anilines is 2. The first-order valence-electron chi connectivity index (χ1n) is 8.55. The topological polar surface area (TPSA) is 78.9 Å². The molecular weight excluding hydrogens is 332 g/mol. The minimum absolute atomic E-state index is 0.0835. The van der Waals surface area contributed by atoms with Crippen molar-refractivity contribution in [3.05, 3.63) is 60.2 Å². The van der Waals surface area contributed by atoms with Crippen LogP contribution in [-0.4, -0.2) is 47.7 Å². The number of benzene rings is 2. The van der Waals surface area contributed by atoms with Crippen LogP contribution in [0.3, 0.4) is 0 Å². The van der Waals surface area contributed by atoms with Crippen molar-refractivity contribution in [2.45, 2.75) is 25.0 Å². The lowest BCUT2D eigenvalue weighted by atomic mass is 10.1. The van der Waals surface area contributed by atoms with E-state index in [4.69, 9.17) is 9.84 Å². The van der Waals surface area contributed by atoms with Gasteiger partial charge in [-0.2, -0.15) is 0 Å². The van der Waals surface area contributed by atoms with Gasteiger partial charge < -0.3 is 20.1 Å². The van der Waals surface area contributed by atoms with Crippen LogP contribution in [0.25, 0.3) is 0 Å². The Morgan fingerprint density at radius 2 is 1.85 bits per heavy atom. The van der Waals surface area contributed by atoms with Crippen LogP contribution >= 0.6 is 0 Å². The first-order chi connectivity index (χ1) is 12.6. The predicted molar refractivity (Wildman–Crippen MR) is 98.7 cm³/mol. The van der Waals surface area contributed by atoms with Crippen molar-refractivity contribution in [3.8, 4) is 0 Å². The molecule has 3 rings (SSSR count). The predicted octanol–water partition coefficient (Wildman–Crippen LogP) is 3.13. The van der Waals surface area contributed by atoms with Crippen LogP contribution in [-0.2, 0) is 9.53 Å². The largest absolute Gasteiger partial charge is 0.481 e. The molecule has 1 heterocycles. The number of ether oxygens (including phenoxy) is 1. The molecule has 2 unspecified atom stereocenters. The lowest BCUT2D eigenvalue weighted by Gasteiger charge is -2.24. The fourth-order valence-corrected chi connectivity index (χ4v) is 3.30. The lowest BCUT2D eigenvalue weighted by Crippen LogP contribution is -2.37. The number of amides is 1. The van der Waals surface area contributed by atoms with Crippen LogP contribution in [0.2, 0.25) is 0 Å². The number of hydrogen-bond acceptors (Lipinski definition) is 4. The molecule has 2 aromatic carbocycles. The Morgan fingerprint density at radius 1 is 1.15 bits per heavy atom. The molecule has 26 heavy (non-hydrogen) atoms. The van der Waals surface area contributed by atoms with Crippen molar-refractivity contribution in [1.82, 2.24) is 4.90 Å². The second-order valence-electron chi connectivity index (χ2n) is 6.34. The second-order valence-corrected chi connectivity index (χ2v) is 6.34. The lowest BCUT2D eigenvalue weighted by molar-refractivity contribution is -0.137. The van der Waals surface area contributed by atoms with Crippen LogP contribution in [0, 0.1) is 0 Å².